The Morgan fingerprint density at radius 2 is 1.41 bits per heavy atom. The monoisotopic (exact) mass is 220 g/mol. The minimum Gasteiger partial charge on any atom is -0.568 e. The van der Waals surface area contributed by atoms with Crippen LogP contribution in [0.5, 0.6) is 5.75 Å². The van der Waals surface area contributed by atoms with Crippen LogP contribution in [0.4, 0.5) is 0 Å². The van der Waals surface area contributed by atoms with Crippen LogP contribution in [-0.2, 0) is 0 Å². The molecule has 0 N–H and O–H groups in total. The van der Waals surface area contributed by atoms with Crippen LogP contribution in [0.3, 0.4) is 0 Å². The zero-order valence-electron chi connectivity index (χ0n) is 10.0. The van der Waals surface area contributed by atoms with E-state index in [9.17, 15) is 0 Å². The lowest BCUT2D eigenvalue weighted by Crippen LogP contribution is -1.89. The van der Waals surface area contributed by atoms with Crippen molar-refractivity contribution in [2.75, 3.05) is 0 Å². The minimum absolute atomic E-state index is 0.952. The predicted octanol–water partition coefficient (Wildman–Crippen LogP) is 3.23. The molecule has 0 saturated heterocycles. The van der Waals surface area contributed by atoms with Gasteiger partial charge in [0.05, 0.1) is 0 Å². The Morgan fingerprint density at radius 1 is 0.824 bits per heavy atom. The van der Waals surface area contributed by atoms with Gasteiger partial charge in [0.25, 0.3) is 0 Å². The topological polar surface area (TPSA) is 9.23 Å². The van der Waals surface area contributed by atoms with Crippen molar-refractivity contribution in [3.63, 3.8) is 0 Å². The standard InChI is InChI=1S/C15H13BO/c1-10-6-13-7-11-4-2-3-5-12(11)8-14(13)9-15(10)17-16/h2-9H,16H2,1H3. The average molecular weight is 220 g/mol. The summed E-state index contributed by atoms with van der Waals surface area (Å²) in [4.78, 5) is 0. The van der Waals surface area contributed by atoms with Crippen molar-refractivity contribution in [3.8, 4) is 5.75 Å². The quantitative estimate of drug-likeness (QED) is 0.452. The fourth-order valence-electron chi connectivity index (χ4n) is 2.30. The highest BCUT2D eigenvalue weighted by atomic mass is 16.4. The average Bonchev–Trinajstić information content (AvgIpc) is 2.35. The molecule has 0 aliphatic heterocycles. The molecule has 0 fully saturated rings. The Balaban J connectivity index is 2.40. The van der Waals surface area contributed by atoms with Crippen LogP contribution in [0, 0.1) is 6.92 Å². The summed E-state index contributed by atoms with van der Waals surface area (Å²) in [6.07, 6.45) is 0. The fraction of sp³-hybridized carbons (Fsp3) is 0.0667. The summed E-state index contributed by atoms with van der Waals surface area (Å²) in [5.41, 5.74) is 1.18. The Labute approximate surface area is 101 Å². The molecule has 3 rings (SSSR count). The van der Waals surface area contributed by atoms with Crippen LogP contribution in [0.25, 0.3) is 21.5 Å². The molecule has 3 aromatic rings. The fourth-order valence-corrected chi connectivity index (χ4v) is 2.30. The number of aryl methyl sites for hydroxylation is 1. The second-order valence-corrected chi connectivity index (χ2v) is 4.37. The Kier molecular flexibility index (Phi) is 2.29. The maximum Gasteiger partial charge on any atom is 0.322 e. The van der Waals surface area contributed by atoms with E-state index in [1.807, 2.05) is 0 Å². The van der Waals surface area contributed by atoms with Crippen LogP contribution in [0.15, 0.2) is 48.5 Å². The second kappa shape index (κ2) is 3.81. The molecule has 2 heteroatoms. The van der Waals surface area contributed by atoms with Gasteiger partial charge in [-0.05, 0) is 58.3 Å². The number of benzene rings is 3. The van der Waals surface area contributed by atoms with Gasteiger partial charge in [0.15, 0.2) is 0 Å². The molecule has 17 heavy (non-hydrogen) atoms. The molecule has 0 amide bonds. The van der Waals surface area contributed by atoms with Gasteiger partial charge in [-0.1, -0.05) is 24.3 Å². The molecule has 0 bridgehead atoms. The highest BCUT2D eigenvalue weighted by Crippen LogP contribution is 2.28. The van der Waals surface area contributed by atoms with E-state index in [1.54, 1.807) is 8.05 Å². The van der Waals surface area contributed by atoms with E-state index >= 15 is 0 Å². The van der Waals surface area contributed by atoms with Gasteiger partial charge >= 0.3 is 8.05 Å². The first-order valence-electron chi connectivity index (χ1n) is 5.75. The van der Waals surface area contributed by atoms with Gasteiger partial charge in [-0.15, -0.1) is 0 Å². The van der Waals surface area contributed by atoms with E-state index in [0.29, 0.717) is 0 Å². The summed E-state index contributed by atoms with van der Waals surface area (Å²) in [6.45, 7) is 2.08. The maximum atomic E-state index is 5.37. The third-order valence-corrected chi connectivity index (χ3v) is 3.22. The molecule has 0 radical (unpaired) electrons. The van der Waals surface area contributed by atoms with Gasteiger partial charge in [0.2, 0.25) is 0 Å². The van der Waals surface area contributed by atoms with E-state index in [1.165, 1.54) is 27.1 Å². The molecule has 1 nitrogen and oxygen atoms in total. The van der Waals surface area contributed by atoms with Gasteiger partial charge in [-0.3, -0.25) is 0 Å². The first-order chi connectivity index (χ1) is 8.28. The molecule has 0 spiro atoms. The van der Waals surface area contributed by atoms with E-state index in [4.69, 9.17) is 4.65 Å². The number of hydrogen-bond acceptors (Lipinski definition) is 1. The zero-order valence-corrected chi connectivity index (χ0v) is 10.0. The predicted molar refractivity (Wildman–Crippen MR) is 75.4 cm³/mol. The summed E-state index contributed by atoms with van der Waals surface area (Å²) in [7, 11) is 1.72. The first kappa shape index (κ1) is 10.2. The molecule has 0 atom stereocenters. The molecule has 0 heterocycles. The molecule has 0 aliphatic carbocycles. The van der Waals surface area contributed by atoms with Crippen molar-refractivity contribution >= 4 is 29.6 Å². The lowest BCUT2D eigenvalue weighted by atomic mass is 10.0. The summed E-state index contributed by atoms with van der Waals surface area (Å²) >= 11 is 0. The van der Waals surface area contributed by atoms with Crippen molar-refractivity contribution in [3.05, 3.63) is 54.1 Å². The van der Waals surface area contributed by atoms with Crippen molar-refractivity contribution in [2.45, 2.75) is 6.92 Å². The second-order valence-electron chi connectivity index (χ2n) is 4.37. The van der Waals surface area contributed by atoms with Gasteiger partial charge < -0.3 is 4.65 Å². The highest BCUT2D eigenvalue weighted by Gasteiger charge is 2.02. The Bertz CT molecular complexity index is 704. The van der Waals surface area contributed by atoms with Crippen molar-refractivity contribution < 1.29 is 4.65 Å². The summed E-state index contributed by atoms with van der Waals surface area (Å²) in [6, 6.07) is 17.2. The Morgan fingerprint density at radius 3 is 2.00 bits per heavy atom. The SMILES string of the molecule is BOc1cc2cc3ccccc3cc2cc1C. The number of rotatable bonds is 1. The summed E-state index contributed by atoms with van der Waals surface area (Å²) < 4.78 is 5.37. The maximum absolute atomic E-state index is 5.37. The van der Waals surface area contributed by atoms with Crippen LogP contribution in [0.1, 0.15) is 5.56 Å². The molecule has 0 aliphatic rings. The zero-order chi connectivity index (χ0) is 11.8. The molecule has 82 valence electrons. The smallest absolute Gasteiger partial charge is 0.322 e. The van der Waals surface area contributed by atoms with Crippen LogP contribution < -0.4 is 4.65 Å². The van der Waals surface area contributed by atoms with Crippen molar-refractivity contribution in [1.29, 1.82) is 0 Å². The largest absolute Gasteiger partial charge is 0.568 e. The number of hydrogen-bond donors (Lipinski definition) is 0. The molecule has 0 aromatic heterocycles. The third kappa shape index (κ3) is 1.66. The molecule has 0 unspecified atom stereocenters. The summed E-state index contributed by atoms with van der Waals surface area (Å²) in [5, 5.41) is 5.05. The van der Waals surface area contributed by atoms with Crippen molar-refractivity contribution in [1.82, 2.24) is 0 Å². The summed E-state index contributed by atoms with van der Waals surface area (Å²) in [5.74, 6) is 0.952. The Hall–Kier alpha value is -1.96. The van der Waals surface area contributed by atoms with E-state index in [2.05, 4.69) is 55.5 Å². The third-order valence-electron chi connectivity index (χ3n) is 3.22. The highest BCUT2D eigenvalue weighted by molar-refractivity contribution is 6.02. The van der Waals surface area contributed by atoms with Crippen molar-refractivity contribution in [2.24, 2.45) is 0 Å². The van der Waals surface area contributed by atoms with Gasteiger partial charge in [-0.2, -0.15) is 0 Å². The van der Waals surface area contributed by atoms with Gasteiger partial charge in [-0.25, -0.2) is 0 Å². The molecular formula is C15H13BO. The van der Waals surface area contributed by atoms with Gasteiger partial charge in [0.1, 0.15) is 5.75 Å². The van der Waals surface area contributed by atoms with Crippen LogP contribution in [-0.4, -0.2) is 8.05 Å². The van der Waals surface area contributed by atoms with E-state index in [0.717, 1.165) is 5.75 Å². The molecular weight excluding hydrogens is 207 g/mol. The first-order valence-corrected chi connectivity index (χ1v) is 5.75. The lowest BCUT2D eigenvalue weighted by molar-refractivity contribution is 0.612. The molecule has 0 saturated carbocycles. The normalized spacial score (nSPS) is 10.9. The van der Waals surface area contributed by atoms with Crippen LogP contribution in [0.2, 0.25) is 0 Å². The van der Waals surface area contributed by atoms with Gasteiger partial charge in [0, 0.05) is 0 Å². The van der Waals surface area contributed by atoms with E-state index in [-0.39, 0.29) is 0 Å². The number of fused-ring (bicyclic) bond motifs is 2. The van der Waals surface area contributed by atoms with E-state index < -0.39 is 0 Å². The molecule has 3 aromatic carbocycles. The minimum atomic E-state index is 0.952. The lowest BCUT2D eigenvalue weighted by Gasteiger charge is -2.08. The van der Waals surface area contributed by atoms with Crippen LogP contribution >= 0.6 is 0 Å².